The summed E-state index contributed by atoms with van der Waals surface area (Å²) in [5.41, 5.74) is 2.53. The van der Waals surface area contributed by atoms with E-state index in [1.165, 1.54) is 11.3 Å². The van der Waals surface area contributed by atoms with Crippen molar-refractivity contribution in [1.82, 2.24) is 10.6 Å². The van der Waals surface area contributed by atoms with Gasteiger partial charge in [0.25, 0.3) is 0 Å². The van der Waals surface area contributed by atoms with E-state index >= 15 is 0 Å². The van der Waals surface area contributed by atoms with Crippen molar-refractivity contribution in [3.63, 3.8) is 0 Å². The molecule has 68 valence electrons. The van der Waals surface area contributed by atoms with Gasteiger partial charge in [0.1, 0.15) is 0 Å². The maximum Gasteiger partial charge on any atom is 0.0354 e. The Hall–Kier alpha value is -1.28. The van der Waals surface area contributed by atoms with Gasteiger partial charge in [0.2, 0.25) is 0 Å². The fourth-order valence-electron chi connectivity index (χ4n) is 1.45. The molecule has 0 unspecified atom stereocenters. The molecule has 0 radical (unpaired) electrons. The van der Waals surface area contributed by atoms with Gasteiger partial charge in [-0.15, -0.1) is 0 Å². The SMILES string of the molecule is C(=C1/CNCCN1)/c1ccccc1. The zero-order valence-corrected chi connectivity index (χ0v) is 7.59. The Bertz CT molecular complexity index is 282. The number of nitrogens with one attached hydrogen (secondary N) is 2. The average Bonchev–Trinajstić information content (AvgIpc) is 2.21. The van der Waals surface area contributed by atoms with Gasteiger partial charge >= 0.3 is 0 Å². The largest absolute Gasteiger partial charge is 0.386 e. The number of rotatable bonds is 1. The first kappa shape index (κ1) is 8.32. The Morgan fingerprint density at radius 1 is 1.08 bits per heavy atom. The molecule has 13 heavy (non-hydrogen) atoms. The second-order valence-corrected chi connectivity index (χ2v) is 3.18. The molecule has 2 nitrogen and oxygen atoms in total. The molecule has 0 spiro atoms. The van der Waals surface area contributed by atoms with Crippen LogP contribution in [0, 0.1) is 0 Å². The summed E-state index contributed by atoms with van der Waals surface area (Å²) in [5.74, 6) is 0. The van der Waals surface area contributed by atoms with E-state index in [2.05, 4.69) is 41.0 Å². The molecule has 0 amide bonds. The minimum absolute atomic E-state index is 0.953. The highest BCUT2D eigenvalue weighted by Crippen LogP contribution is 2.04. The second-order valence-electron chi connectivity index (χ2n) is 3.18. The molecule has 0 saturated carbocycles. The van der Waals surface area contributed by atoms with Crippen LogP contribution < -0.4 is 10.6 Å². The molecule has 0 aliphatic carbocycles. The summed E-state index contributed by atoms with van der Waals surface area (Å²) in [6.45, 7) is 3.04. The minimum atomic E-state index is 0.953. The molecule has 1 aromatic rings. The van der Waals surface area contributed by atoms with Crippen LogP contribution >= 0.6 is 0 Å². The Kier molecular flexibility index (Phi) is 2.62. The molecular weight excluding hydrogens is 160 g/mol. The maximum atomic E-state index is 3.37. The molecular formula is C11H14N2. The van der Waals surface area contributed by atoms with Crippen LogP contribution in [0.3, 0.4) is 0 Å². The van der Waals surface area contributed by atoms with Crippen LogP contribution in [0.15, 0.2) is 36.0 Å². The summed E-state index contributed by atoms with van der Waals surface area (Å²) in [4.78, 5) is 0. The standard InChI is InChI=1S/C11H14N2/c1-2-4-10(5-3-1)8-11-9-12-6-7-13-11/h1-5,8,12-13H,6-7,9H2/b11-8+. The molecule has 0 aromatic heterocycles. The lowest BCUT2D eigenvalue weighted by Gasteiger charge is -2.17. The van der Waals surface area contributed by atoms with Gasteiger partial charge in [-0.3, -0.25) is 0 Å². The van der Waals surface area contributed by atoms with Crippen LogP contribution in [0.5, 0.6) is 0 Å². The van der Waals surface area contributed by atoms with Crippen molar-refractivity contribution in [3.8, 4) is 0 Å². The molecule has 1 aliphatic heterocycles. The van der Waals surface area contributed by atoms with Crippen molar-refractivity contribution in [2.24, 2.45) is 0 Å². The van der Waals surface area contributed by atoms with Crippen molar-refractivity contribution < 1.29 is 0 Å². The normalized spacial score (nSPS) is 19.8. The fourth-order valence-corrected chi connectivity index (χ4v) is 1.45. The van der Waals surface area contributed by atoms with E-state index in [-0.39, 0.29) is 0 Å². The fraction of sp³-hybridized carbons (Fsp3) is 0.273. The molecule has 2 N–H and O–H groups in total. The molecule has 1 aliphatic rings. The quantitative estimate of drug-likeness (QED) is 0.669. The predicted octanol–water partition coefficient (Wildman–Crippen LogP) is 1.22. The maximum absolute atomic E-state index is 3.37. The zero-order chi connectivity index (χ0) is 8.93. The summed E-state index contributed by atoms with van der Waals surface area (Å²) >= 11 is 0. The summed E-state index contributed by atoms with van der Waals surface area (Å²) in [6.07, 6.45) is 2.19. The molecule has 2 rings (SSSR count). The lowest BCUT2D eigenvalue weighted by molar-refractivity contribution is 0.602. The summed E-state index contributed by atoms with van der Waals surface area (Å²) in [7, 11) is 0. The highest BCUT2D eigenvalue weighted by Gasteiger charge is 2.01. The molecule has 0 atom stereocenters. The number of piperazine rings is 1. The molecule has 0 bridgehead atoms. The monoisotopic (exact) mass is 174 g/mol. The van der Waals surface area contributed by atoms with E-state index in [9.17, 15) is 0 Å². The molecule has 2 heteroatoms. The first-order valence-corrected chi connectivity index (χ1v) is 4.65. The highest BCUT2D eigenvalue weighted by atomic mass is 15.0. The third-order valence-corrected chi connectivity index (χ3v) is 2.11. The van der Waals surface area contributed by atoms with Crippen molar-refractivity contribution >= 4 is 6.08 Å². The number of hydrogen-bond acceptors (Lipinski definition) is 2. The Morgan fingerprint density at radius 2 is 1.92 bits per heavy atom. The summed E-state index contributed by atoms with van der Waals surface area (Å²) < 4.78 is 0. The highest BCUT2D eigenvalue weighted by molar-refractivity contribution is 5.52. The van der Waals surface area contributed by atoms with Gasteiger partial charge in [0.05, 0.1) is 0 Å². The summed E-state index contributed by atoms with van der Waals surface area (Å²) in [5, 5.41) is 6.69. The molecule has 1 heterocycles. The second kappa shape index (κ2) is 4.10. The average molecular weight is 174 g/mol. The third-order valence-electron chi connectivity index (χ3n) is 2.11. The van der Waals surface area contributed by atoms with Crippen molar-refractivity contribution in [2.75, 3.05) is 19.6 Å². The molecule has 1 saturated heterocycles. The van der Waals surface area contributed by atoms with Crippen LogP contribution in [-0.4, -0.2) is 19.6 Å². The number of hydrogen-bond donors (Lipinski definition) is 2. The van der Waals surface area contributed by atoms with E-state index in [0.29, 0.717) is 0 Å². The van der Waals surface area contributed by atoms with Crippen LogP contribution in [0.4, 0.5) is 0 Å². The number of benzene rings is 1. The van der Waals surface area contributed by atoms with E-state index in [4.69, 9.17) is 0 Å². The zero-order valence-electron chi connectivity index (χ0n) is 7.59. The van der Waals surface area contributed by atoms with Crippen LogP contribution in [0.1, 0.15) is 5.56 Å². The van der Waals surface area contributed by atoms with Gasteiger partial charge in [-0.25, -0.2) is 0 Å². The Morgan fingerprint density at radius 3 is 2.62 bits per heavy atom. The van der Waals surface area contributed by atoms with Gasteiger partial charge in [0, 0.05) is 25.3 Å². The minimum Gasteiger partial charge on any atom is -0.386 e. The topological polar surface area (TPSA) is 24.1 Å². The van der Waals surface area contributed by atoms with Gasteiger partial charge in [-0.05, 0) is 11.6 Å². The van der Waals surface area contributed by atoms with E-state index in [1.807, 2.05) is 6.07 Å². The third kappa shape index (κ3) is 2.33. The van der Waals surface area contributed by atoms with E-state index in [1.54, 1.807) is 0 Å². The predicted molar refractivity (Wildman–Crippen MR) is 55.3 cm³/mol. The smallest absolute Gasteiger partial charge is 0.0354 e. The Labute approximate surface area is 78.7 Å². The van der Waals surface area contributed by atoms with Crippen molar-refractivity contribution in [3.05, 3.63) is 41.6 Å². The first-order chi connectivity index (χ1) is 6.45. The first-order valence-electron chi connectivity index (χ1n) is 4.65. The van der Waals surface area contributed by atoms with E-state index in [0.717, 1.165) is 19.6 Å². The van der Waals surface area contributed by atoms with Crippen molar-refractivity contribution in [1.29, 1.82) is 0 Å². The Balaban J connectivity index is 2.10. The molecule has 1 fully saturated rings. The lowest BCUT2D eigenvalue weighted by atomic mass is 10.2. The van der Waals surface area contributed by atoms with Crippen LogP contribution in [-0.2, 0) is 0 Å². The van der Waals surface area contributed by atoms with Crippen LogP contribution in [0.2, 0.25) is 0 Å². The molecule has 1 aromatic carbocycles. The lowest BCUT2D eigenvalue weighted by Crippen LogP contribution is -2.37. The van der Waals surface area contributed by atoms with Gasteiger partial charge in [-0.1, -0.05) is 30.3 Å². The van der Waals surface area contributed by atoms with Crippen LogP contribution in [0.25, 0.3) is 6.08 Å². The van der Waals surface area contributed by atoms with Gasteiger partial charge < -0.3 is 10.6 Å². The van der Waals surface area contributed by atoms with Crippen molar-refractivity contribution in [2.45, 2.75) is 0 Å². The summed E-state index contributed by atoms with van der Waals surface area (Å²) in [6, 6.07) is 10.4. The van der Waals surface area contributed by atoms with E-state index < -0.39 is 0 Å². The van der Waals surface area contributed by atoms with Gasteiger partial charge in [0.15, 0.2) is 0 Å². The van der Waals surface area contributed by atoms with Gasteiger partial charge in [-0.2, -0.15) is 0 Å².